The largest absolute Gasteiger partial charge is 0.399 e. The number of nitrogens with zero attached hydrogens (tertiary/aromatic N) is 1. The van der Waals surface area contributed by atoms with E-state index in [-0.39, 0.29) is 5.91 Å². The zero-order valence-corrected chi connectivity index (χ0v) is 11.8. The Hall–Kier alpha value is -2.59. The number of hydrogen-bond acceptors (Lipinski definition) is 3. The van der Waals surface area contributed by atoms with Gasteiger partial charge < -0.3 is 11.1 Å². The fourth-order valence-electron chi connectivity index (χ4n) is 2.05. The van der Waals surface area contributed by atoms with Gasteiger partial charge in [-0.25, -0.2) is 0 Å². The number of rotatable bonds is 2. The molecular weight excluding hydrogens is 286 g/mol. The van der Waals surface area contributed by atoms with E-state index in [2.05, 4.69) is 10.3 Å². The topological polar surface area (TPSA) is 68.0 Å². The van der Waals surface area contributed by atoms with E-state index in [1.54, 1.807) is 36.5 Å². The van der Waals surface area contributed by atoms with Gasteiger partial charge in [0.1, 0.15) is 0 Å². The third-order valence-corrected chi connectivity index (χ3v) is 3.43. The first-order chi connectivity index (χ1) is 10.1. The van der Waals surface area contributed by atoms with Crippen LogP contribution in [0.2, 0.25) is 5.02 Å². The number of carbonyl (C=O) groups is 1. The van der Waals surface area contributed by atoms with Crippen LogP contribution in [0.15, 0.2) is 54.7 Å². The van der Waals surface area contributed by atoms with Crippen molar-refractivity contribution in [1.82, 2.24) is 4.98 Å². The van der Waals surface area contributed by atoms with E-state index in [1.807, 2.05) is 18.2 Å². The van der Waals surface area contributed by atoms with Gasteiger partial charge in [-0.15, -0.1) is 0 Å². The molecule has 0 aliphatic rings. The summed E-state index contributed by atoms with van der Waals surface area (Å²) in [4.78, 5) is 16.5. The van der Waals surface area contributed by atoms with Crippen molar-refractivity contribution in [3.8, 4) is 0 Å². The summed E-state index contributed by atoms with van der Waals surface area (Å²) in [5, 5.41) is 4.11. The average molecular weight is 298 g/mol. The van der Waals surface area contributed by atoms with Gasteiger partial charge >= 0.3 is 0 Å². The summed E-state index contributed by atoms with van der Waals surface area (Å²) in [5.74, 6) is -0.242. The van der Waals surface area contributed by atoms with Gasteiger partial charge in [0.25, 0.3) is 5.91 Å². The highest BCUT2D eigenvalue weighted by atomic mass is 35.5. The first-order valence-electron chi connectivity index (χ1n) is 6.34. The fourth-order valence-corrected chi connectivity index (χ4v) is 2.21. The number of fused-ring (bicyclic) bond motifs is 1. The van der Waals surface area contributed by atoms with Crippen LogP contribution in [0.4, 0.5) is 11.4 Å². The van der Waals surface area contributed by atoms with Crippen LogP contribution in [0.3, 0.4) is 0 Å². The molecule has 0 radical (unpaired) electrons. The number of halogens is 1. The molecule has 5 heteroatoms. The third kappa shape index (κ3) is 2.80. The number of aromatic nitrogens is 1. The molecule has 4 nitrogen and oxygen atoms in total. The zero-order chi connectivity index (χ0) is 14.8. The molecule has 0 aliphatic heterocycles. The Morgan fingerprint density at radius 1 is 1.14 bits per heavy atom. The normalized spacial score (nSPS) is 10.5. The number of hydrogen-bond donors (Lipinski definition) is 2. The summed E-state index contributed by atoms with van der Waals surface area (Å²) in [6.07, 6.45) is 1.72. The minimum Gasteiger partial charge on any atom is -0.399 e. The Bertz CT molecular complexity index is 833. The smallest absolute Gasteiger partial charge is 0.255 e. The molecule has 2 aromatic carbocycles. The van der Waals surface area contributed by atoms with E-state index in [4.69, 9.17) is 17.3 Å². The molecule has 0 unspecified atom stereocenters. The van der Waals surface area contributed by atoms with Crippen LogP contribution in [0.25, 0.3) is 10.9 Å². The summed E-state index contributed by atoms with van der Waals surface area (Å²) in [6.45, 7) is 0. The quantitative estimate of drug-likeness (QED) is 0.708. The Balaban J connectivity index is 1.91. The average Bonchev–Trinajstić information content (AvgIpc) is 2.50. The molecule has 0 saturated carbocycles. The van der Waals surface area contributed by atoms with E-state index in [9.17, 15) is 4.79 Å². The van der Waals surface area contributed by atoms with E-state index in [1.165, 1.54) is 0 Å². The van der Waals surface area contributed by atoms with Gasteiger partial charge in [0.05, 0.1) is 16.2 Å². The van der Waals surface area contributed by atoms with Gasteiger partial charge in [-0.05, 0) is 42.5 Å². The monoisotopic (exact) mass is 297 g/mol. The third-order valence-electron chi connectivity index (χ3n) is 3.10. The van der Waals surface area contributed by atoms with E-state index >= 15 is 0 Å². The highest BCUT2D eigenvalue weighted by Crippen LogP contribution is 2.25. The highest BCUT2D eigenvalue weighted by Gasteiger charge is 2.09. The lowest BCUT2D eigenvalue weighted by atomic mass is 10.1. The van der Waals surface area contributed by atoms with Crippen molar-refractivity contribution in [2.24, 2.45) is 0 Å². The van der Waals surface area contributed by atoms with Gasteiger partial charge in [-0.2, -0.15) is 0 Å². The first-order valence-corrected chi connectivity index (χ1v) is 6.72. The number of nitrogens with two attached hydrogens (primary N) is 1. The number of benzene rings is 2. The number of carbonyl (C=O) groups excluding carboxylic acids is 1. The van der Waals surface area contributed by atoms with Gasteiger partial charge in [0.15, 0.2) is 0 Å². The molecule has 3 rings (SSSR count). The van der Waals surface area contributed by atoms with Crippen LogP contribution >= 0.6 is 11.6 Å². The second-order valence-electron chi connectivity index (χ2n) is 4.60. The Labute approximate surface area is 126 Å². The molecular formula is C16H12ClN3O. The van der Waals surface area contributed by atoms with Crippen molar-refractivity contribution < 1.29 is 4.79 Å². The summed E-state index contributed by atoms with van der Waals surface area (Å²) in [5.41, 5.74) is 8.11. The van der Waals surface area contributed by atoms with Crippen LogP contribution < -0.4 is 11.1 Å². The van der Waals surface area contributed by atoms with Crippen LogP contribution in [-0.4, -0.2) is 10.9 Å². The molecule has 3 aromatic rings. The van der Waals surface area contributed by atoms with Gasteiger partial charge in [0, 0.05) is 22.8 Å². The van der Waals surface area contributed by atoms with E-state index < -0.39 is 0 Å². The lowest BCUT2D eigenvalue weighted by molar-refractivity contribution is 0.102. The number of pyridine rings is 1. The van der Waals surface area contributed by atoms with Crippen molar-refractivity contribution in [2.45, 2.75) is 0 Å². The Morgan fingerprint density at radius 2 is 2.00 bits per heavy atom. The lowest BCUT2D eigenvalue weighted by Gasteiger charge is -2.08. The molecule has 0 fully saturated rings. The molecule has 0 spiro atoms. The molecule has 21 heavy (non-hydrogen) atoms. The molecule has 0 bridgehead atoms. The highest BCUT2D eigenvalue weighted by molar-refractivity contribution is 6.34. The first kappa shape index (κ1) is 13.4. The number of nitrogens with one attached hydrogen (secondary N) is 1. The van der Waals surface area contributed by atoms with Gasteiger partial charge in [0.2, 0.25) is 0 Å². The minimum absolute atomic E-state index is 0.242. The van der Waals surface area contributed by atoms with E-state index in [0.29, 0.717) is 22.0 Å². The van der Waals surface area contributed by atoms with Crippen molar-refractivity contribution in [3.63, 3.8) is 0 Å². The summed E-state index contributed by atoms with van der Waals surface area (Å²) in [6, 6.07) is 14.0. The summed E-state index contributed by atoms with van der Waals surface area (Å²) in [7, 11) is 0. The van der Waals surface area contributed by atoms with Crippen LogP contribution in [-0.2, 0) is 0 Å². The molecule has 0 atom stereocenters. The predicted molar refractivity (Wildman–Crippen MR) is 85.6 cm³/mol. The maximum absolute atomic E-state index is 12.3. The molecule has 0 aliphatic carbocycles. The molecule has 1 aromatic heterocycles. The maximum atomic E-state index is 12.3. The molecule has 104 valence electrons. The second kappa shape index (κ2) is 5.42. The molecule has 0 saturated heterocycles. The summed E-state index contributed by atoms with van der Waals surface area (Å²) >= 11 is 6.04. The minimum atomic E-state index is -0.242. The molecule has 1 amide bonds. The van der Waals surface area contributed by atoms with Crippen LogP contribution in [0.5, 0.6) is 0 Å². The molecule has 1 heterocycles. The standard InChI is InChI=1S/C16H12ClN3O/c17-13-5-4-12(18)9-15(13)20-16(21)11-3-6-14-10(8-11)2-1-7-19-14/h1-9H,18H2,(H,20,21). The van der Waals surface area contributed by atoms with Crippen molar-refractivity contribution in [1.29, 1.82) is 0 Å². The van der Waals surface area contributed by atoms with Gasteiger partial charge in [-0.1, -0.05) is 17.7 Å². The van der Waals surface area contributed by atoms with Crippen molar-refractivity contribution in [3.05, 3.63) is 65.3 Å². The molecule has 3 N–H and O–H groups in total. The summed E-state index contributed by atoms with van der Waals surface area (Å²) < 4.78 is 0. The Morgan fingerprint density at radius 3 is 2.86 bits per heavy atom. The fraction of sp³-hybridized carbons (Fsp3) is 0. The maximum Gasteiger partial charge on any atom is 0.255 e. The lowest BCUT2D eigenvalue weighted by Crippen LogP contribution is -2.12. The van der Waals surface area contributed by atoms with Crippen LogP contribution in [0, 0.1) is 0 Å². The number of nitrogen functional groups attached to an aromatic ring is 1. The van der Waals surface area contributed by atoms with E-state index in [0.717, 1.165) is 10.9 Å². The predicted octanol–water partition coefficient (Wildman–Crippen LogP) is 3.72. The SMILES string of the molecule is Nc1ccc(Cl)c(NC(=O)c2ccc3ncccc3c2)c1. The Kier molecular flexibility index (Phi) is 3.46. The van der Waals surface area contributed by atoms with Gasteiger partial charge in [-0.3, -0.25) is 9.78 Å². The zero-order valence-electron chi connectivity index (χ0n) is 11.0. The van der Waals surface area contributed by atoms with Crippen LogP contribution in [0.1, 0.15) is 10.4 Å². The number of anilines is 2. The van der Waals surface area contributed by atoms with Crippen molar-refractivity contribution in [2.75, 3.05) is 11.1 Å². The second-order valence-corrected chi connectivity index (χ2v) is 5.01. The van der Waals surface area contributed by atoms with Crippen molar-refractivity contribution >= 4 is 39.8 Å². The number of amides is 1.